The number of hydrogen-bond acceptors (Lipinski definition) is 3. The van der Waals surface area contributed by atoms with Crippen LogP contribution in [0.3, 0.4) is 0 Å². The van der Waals surface area contributed by atoms with Gasteiger partial charge >= 0.3 is 0 Å². The van der Waals surface area contributed by atoms with Gasteiger partial charge in [-0.15, -0.1) is 0 Å². The summed E-state index contributed by atoms with van der Waals surface area (Å²) in [5.74, 6) is 0.712. The number of rotatable bonds is 5. The molecule has 0 unspecified atom stereocenters. The molecule has 0 radical (unpaired) electrons. The molecule has 0 saturated heterocycles. The first kappa shape index (κ1) is 12.5. The van der Waals surface area contributed by atoms with Gasteiger partial charge in [-0.05, 0) is 30.5 Å². The normalized spacial score (nSPS) is 10.8. The molecule has 0 bridgehead atoms. The standard InChI is InChI=1S/C16H17N3O/c17-14-12-19(18-16(14)15-9-5-11-20-15)10-4-8-13-6-2-1-3-7-13/h1-3,5-7,9,11-12H,4,8,10,17H2. The van der Waals surface area contributed by atoms with Gasteiger partial charge in [0.1, 0.15) is 0 Å². The predicted octanol–water partition coefficient (Wildman–Crippen LogP) is 3.36. The third-order valence-corrected chi connectivity index (χ3v) is 3.24. The molecule has 20 heavy (non-hydrogen) atoms. The Morgan fingerprint density at radius 2 is 1.95 bits per heavy atom. The second-order valence-electron chi connectivity index (χ2n) is 4.76. The minimum Gasteiger partial charge on any atom is -0.463 e. The van der Waals surface area contributed by atoms with E-state index >= 15 is 0 Å². The van der Waals surface area contributed by atoms with E-state index in [4.69, 9.17) is 10.2 Å². The summed E-state index contributed by atoms with van der Waals surface area (Å²) in [4.78, 5) is 0. The Morgan fingerprint density at radius 3 is 2.70 bits per heavy atom. The monoisotopic (exact) mass is 267 g/mol. The van der Waals surface area contributed by atoms with Crippen molar-refractivity contribution in [2.45, 2.75) is 19.4 Å². The molecule has 0 spiro atoms. The number of aromatic nitrogens is 2. The Balaban J connectivity index is 1.63. The highest BCUT2D eigenvalue weighted by Gasteiger charge is 2.10. The van der Waals surface area contributed by atoms with Gasteiger partial charge in [0.2, 0.25) is 0 Å². The molecule has 0 fully saturated rings. The van der Waals surface area contributed by atoms with E-state index in [0.717, 1.165) is 25.1 Å². The highest BCUT2D eigenvalue weighted by Crippen LogP contribution is 2.24. The molecule has 3 aromatic rings. The Kier molecular flexibility index (Phi) is 3.54. The molecule has 1 aromatic carbocycles. The average molecular weight is 267 g/mol. The Labute approximate surface area is 117 Å². The van der Waals surface area contributed by atoms with Crippen molar-refractivity contribution in [1.82, 2.24) is 9.78 Å². The summed E-state index contributed by atoms with van der Waals surface area (Å²) in [6.07, 6.45) is 5.56. The zero-order valence-corrected chi connectivity index (χ0v) is 11.2. The molecule has 3 rings (SSSR count). The van der Waals surface area contributed by atoms with Gasteiger partial charge in [0, 0.05) is 12.7 Å². The van der Waals surface area contributed by atoms with Crippen molar-refractivity contribution < 1.29 is 4.42 Å². The lowest BCUT2D eigenvalue weighted by molar-refractivity contribution is 0.562. The average Bonchev–Trinajstić information content (AvgIpc) is 3.09. The first-order valence-corrected chi connectivity index (χ1v) is 6.73. The van der Waals surface area contributed by atoms with E-state index in [9.17, 15) is 0 Å². The molecule has 0 aliphatic rings. The van der Waals surface area contributed by atoms with Gasteiger partial charge in [0.15, 0.2) is 11.5 Å². The first-order valence-electron chi connectivity index (χ1n) is 6.73. The van der Waals surface area contributed by atoms with E-state index in [1.54, 1.807) is 6.26 Å². The van der Waals surface area contributed by atoms with Crippen molar-refractivity contribution in [2.24, 2.45) is 0 Å². The smallest absolute Gasteiger partial charge is 0.156 e. The Hall–Kier alpha value is -2.49. The van der Waals surface area contributed by atoms with Crippen LogP contribution in [0.2, 0.25) is 0 Å². The molecular weight excluding hydrogens is 250 g/mol. The molecule has 4 nitrogen and oxygen atoms in total. The number of aryl methyl sites for hydroxylation is 2. The molecule has 102 valence electrons. The molecule has 0 saturated carbocycles. The van der Waals surface area contributed by atoms with Gasteiger partial charge in [-0.3, -0.25) is 4.68 Å². The second-order valence-corrected chi connectivity index (χ2v) is 4.76. The van der Waals surface area contributed by atoms with Gasteiger partial charge in [-0.2, -0.15) is 5.10 Å². The van der Waals surface area contributed by atoms with Crippen LogP contribution in [-0.4, -0.2) is 9.78 Å². The fraction of sp³-hybridized carbons (Fsp3) is 0.188. The number of benzene rings is 1. The molecule has 0 amide bonds. The van der Waals surface area contributed by atoms with Crippen LogP contribution >= 0.6 is 0 Å². The van der Waals surface area contributed by atoms with Crippen LogP contribution in [0.4, 0.5) is 5.69 Å². The minimum atomic E-state index is 0.652. The molecule has 2 heterocycles. The Morgan fingerprint density at radius 1 is 1.10 bits per heavy atom. The minimum absolute atomic E-state index is 0.652. The zero-order valence-electron chi connectivity index (χ0n) is 11.2. The predicted molar refractivity (Wildman–Crippen MR) is 79.1 cm³/mol. The van der Waals surface area contributed by atoms with E-state index in [-0.39, 0.29) is 0 Å². The van der Waals surface area contributed by atoms with Gasteiger partial charge in [-0.1, -0.05) is 30.3 Å². The number of nitrogen functional groups attached to an aromatic ring is 1. The van der Waals surface area contributed by atoms with E-state index in [1.807, 2.05) is 29.1 Å². The molecular formula is C16H17N3O. The zero-order chi connectivity index (χ0) is 13.8. The lowest BCUT2D eigenvalue weighted by atomic mass is 10.1. The summed E-state index contributed by atoms with van der Waals surface area (Å²) >= 11 is 0. The van der Waals surface area contributed by atoms with Crippen molar-refractivity contribution in [3.63, 3.8) is 0 Å². The third-order valence-electron chi connectivity index (χ3n) is 3.24. The fourth-order valence-corrected chi connectivity index (χ4v) is 2.25. The number of furan rings is 1. The highest BCUT2D eigenvalue weighted by atomic mass is 16.3. The summed E-state index contributed by atoms with van der Waals surface area (Å²) in [5, 5.41) is 4.48. The van der Waals surface area contributed by atoms with Gasteiger partial charge in [-0.25, -0.2) is 0 Å². The van der Waals surface area contributed by atoms with Crippen molar-refractivity contribution in [2.75, 3.05) is 5.73 Å². The Bertz CT molecular complexity index is 656. The highest BCUT2D eigenvalue weighted by molar-refractivity contribution is 5.67. The quantitative estimate of drug-likeness (QED) is 0.771. The van der Waals surface area contributed by atoms with Gasteiger partial charge < -0.3 is 10.2 Å². The van der Waals surface area contributed by atoms with Crippen LogP contribution in [0.15, 0.2) is 59.3 Å². The topological polar surface area (TPSA) is 57.0 Å². The maximum absolute atomic E-state index is 5.97. The van der Waals surface area contributed by atoms with Crippen LogP contribution in [0, 0.1) is 0 Å². The summed E-state index contributed by atoms with van der Waals surface area (Å²) < 4.78 is 7.22. The van der Waals surface area contributed by atoms with E-state index in [1.165, 1.54) is 5.56 Å². The summed E-state index contributed by atoms with van der Waals surface area (Å²) in [7, 11) is 0. The molecule has 0 aliphatic heterocycles. The van der Waals surface area contributed by atoms with E-state index in [0.29, 0.717) is 11.4 Å². The SMILES string of the molecule is Nc1cn(CCCc2ccccc2)nc1-c1ccco1. The van der Waals surface area contributed by atoms with Crippen LogP contribution in [0.25, 0.3) is 11.5 Å². The van der Waals surface area contributed by atoms with Crippen LogP contribution in [0.1, 0.15) is 12.0 Å². The number of nitrogens with zero attached hydrogens (tertiary/aromatic N) is 2. The maximum atomic E-state index is 5.97. The molecule has 2 N–H and O–H groups in total. The van der Waals surface area contributed by atoms with Gasteiger partial charge in [0.05, 0.1) is 12.0 Å². The largest absolute Gasteiger partial charge is 0.463 e. The first-order chi connectivity index (χ1) is 9.83. The van der Waals surface area contributed by atoms with Crippen molar-refractivity contribution >= 4 is 5.69 Å². The van der Waals surface area contributed by atoms with Gasteiger partial charge in [0.25, 0.3) is 0 Å². The van der Waals surface area contributed by atoms with Crippen molar-refractivity contribution in [1.29, 1.82) is 0 Å². The number of hydrogen-bond donors (Lipinski definition) is 1. The van der Waals surface area contributed by atoms with Crippen molar-refractivity contribution in [3.8, 4) is 11.5 Å². The maximum Gasteiger partial charge on any atom is 0.156 e. The number of nitrogens with two attached hydrogens (primary N) is 1. The lowest BCUT2D eigenvalue weighted by Crippen LogP contribution is -2.00. The molecule has 0 aliphatic carbocycles. The summed E-state index contributed by atoms with van der Waals surface area (Å²) in [5.41, 5.74) is 8.69. The fourth-order valence-electron chi connectivity index (χ4n) is 2.25. The number of anilines is 1. The van der Waals surface area contributed by atoms with E-state index < -0.39 is 0 Å². The third kappa shape index (κ3) is 2.74. The van der Waals surface area contributed by atoms with Crippen molar-refractivity contribution in [3.05, 3.63) is 60.5 Å². The molecule has 2 aromatic heterocycles. The van der Waals surface area contributed by atoms with Crippen LogP contribution in [-0.2, 0) is 13.0 Å². The van der Waals surface area contributed by atoms with Crippen LogP contribution < -0.4 is 5.73 Å². The lowest BCUT2D eigenvalue weighted by Gasteiger charge is -2.02. The molecule has 0 atom stereocenters. The van der Waals surface area contributed by atoms with E-state index in [2.05, 4.69) is 29.4 Å². The van der Waals surface area contributed by atoms with Crippen LogP contribution in [0.5, 0.6) is 0 Å². The second kappa shape index (κ2) is 5.65. The molecule has 4 heteroatoms. The summed E-state index contributed by atoms with van der Waals surface area (Å²) in [6, 6.07) is 14.2. The summed E-state index contributed by atoms with van der Waals surface area (Å²) in [6.45, 7) is 0.847.